The number of carboxylic acids is 1. The minimum Gasteiger partial charge on any atom is -0.477 e. The first-order valence-electron chi connectivity index (χ1n) is 6.01. The Balaban J connectivity index is 2.27. The van der Waals surface area contributed by atoms with Crippen molar-refractivity contribution >= 4 is 5.97 Å². The summed E-state index contributed by atoms with van der Waals surface area (Å²) in [7, 11) is 0. The van der Waals surface area contributed by atoms with Crippen molar-refractivity contribution in [1.29, 1.82) is 0 Å². The summed E-state index contributed by atoms with van der Waals surface area (Å²) in [6.07, 6.45) is 4.67. The molecule has 0 saturated carbocycles. The maximum atomic E-state index is 10.7. The molecule has 0 unspecified atom stereocenters. The fourth-order valence-corrected chi connectivity index (χ4v) is 1.49. The lowest BCUT2D eigenvalue weighted by Gasteiger charge is -2.04. The van der Waals surface area contributed by atoms with Crippen molar-refractivity contribution in [3.63, 3.8) is 0 Å². The van der Waals surface area contributed by atoms with E-state index in [0.29, 0.717) is 18.9 Å². The molecule has 0 fully saturated rings. The zero-order valence-corrected chi connectivity index (χ0v) is 10.2. The number of pyridine rings is 1. The fraction of sp³-hybridized carbons (Fsp3) is 0.538. The zero-order valence-electron chi connectivity index (χ0n) is 10.2. The van der Waals surface area contributed by atoms with Crippen molar-refractivity contribution in [2.24, 2.45) is 0 Å². The number of ether oxygens (including phenoxy) is 1. The molecule has 0 aliphatic heterocycles. The lowest BCUT2D eigenvalue weighted by atomic mass is 10.2. The molecule has 1 N–H and O–H groups in total. The summed E-state index contributed by atoms with van der Waals surface area (Å²) in [5.74, 6) is -1.00. The molecule has 0 bridgehead atoms. The summed E-state index contributed by atoms with van der Waals surface area (Å²) in [6, 6.07) is 4.94. The number of aromatic carboxylic acids is 1. The van der Waals surface area contributed by atoms with Gasteiger partial charge >= 0.3 is 5.97 Å². The van der Waals surface area contributed by atoms with Gasteiger partial charge in [0, 0.05) is 6.61 Å². The van der Waals surface area contributed by atoms with E-state index in [9.17, 15) is 4.79 Å². The van der Waals surface area contributed by atoms with Crippen LogP contribution in [0.2, 0.25) is 0 Å². The third-order valence-corrected chi connectivity index (χ3v) is 2.42. The van der Waals surface area contributed by atoms with Gasteiger partial charge in [0.25, 0.3) is 0 Å². The molecule has 0 aliphatic rings. The molecule has 94 valence electrons. The minimum absolute atomic E-state index is 0.0667. The van der Waals surface area contributed by atoms with E-state index in [0.717, 1.165) is 6.42 Å². The number of carboxylic acid groups (broad SMARTS) is 1. The Labute approximate surface area is 102 Å². The van der Waals surface area contributed by atoms with Gasteiger partial charge in [0.15, 0.2) is 0 Å². The van der Waals surface area contributed by atoms with Crippen molar-refractivity contribution in [3.8, 4) is 0 Å². The van der Waals surface area contributed by atoms with Crippen LogP contribution in [0.25, 0.3) is 0 Å². The van der Waals surface area contributed by atoms with Crippen LogP contribution in [0, 0.1) is 0 Å². The standard InChI is InChI=1S/C13H19NO3/c1-2-3-4-5-9-17-10-11-7-6-8-12(14-11)13(15)16/h6-8H,2-5,9-10H2,1H3,(H,15,16). The number of aromatic nitrogens is 1. The molecule has 0 amide bonds. The van der Waals surface area contributed by atoms with Crippen LogP contribution in [0.5, 0.6) is 0 Å². The van der Waals surface area contributed by atoms with Crippen molar-refractivity contribution in [2.45, 2.75) is 39.2 Å². The van der Waals surface area contributed by atoms with E-state index in [1.54, 1.807) is 12.1 Å². The van der Waals surface area contributed by atoms with Gasteiger partial charge in [0.1, 0.15) is 5.69 Å². The number of carbonyl (C=O) groups is 1. The first-order valence-corrected chi connectivity index (χ1v) is 6.01. The summed E-state index contributed by atoms with van der Waals surface area (Å²) in [5, 5.41) is 8.77. The number of nitrogens with zero attached hydrogens (tertiary/aromatic N) is 1. The molecule has 4 heteroatoms. The SMILES string of the molecule is CCCCCCOCc1cccc(C(=O)O)n1. The molecule has 0 aromatic carbocycles. The number of hydrogen-bond donors (Lipinski definition) is 1. The molecule has 1 aromatic rings. The van der Waals surface area contributed by atoms with Crippen molar-refractivity contribution in [3.05, 3.63) is 29.6 Å². The second-order valence-electron chi connectivity index (χ2n) is 3.93. The average molecular weight is 237 g/mol. The van der Waals surface area contributed by atoms with Gasteiger partial charge in [-0.05, 0) is 18.6 Å². The van der Waals surface area contributed by atoms with Gasteiger partial charge in [-0.25, -0.2) is 9.78 Å². The van der Waals surface area contributed by atoms with E-state index in [1.807, 2.05) is 0 Å². The summed E-state index contributed by atoms with van der Waals surface area (Å²) in [5.41, 5.74) is 0.734. The Hall–Kier alpha value is -1.42. The molecule has 17 heavy (non-hydrogen) atoms. The first kappa shape index (κ1) is 13.6. The maximum Gasteiger partial charge on any atom is 0.354 e. The van der Waals surface area contributed by atoms with E-state index >= 15 is 0 Å². The Bertz CT molecular complexity index is 352. The van der Waals surface area contributed by atoms with Gasteiger partial charge in [-0.15, -0.1) is 0 Å². The van der Waals surface area contributed by atoms with Crippen LogP contribution in [0.1, 0.15) is 48.8 Å². The second kappa shape index (κ2) is 7.79. The Morgan fingerprint density at radius 1 is 1.35 bits per heavy atom. The fourth-order valence-electron chi connectivity index (χ4n) is 1.49. The van der Waals surface area contributed by atoms with Gasteiger partial charge in [0.05, 0.1) is 12.3 Å². The van der Waals surface area contributed by atoms with Gasteiger partial charge in [0.2, 0.25) is 0 Å². The maximum absolute atomic E-state index is 10.7. The highest BCUT2D eigenvalue weighted by molar-refractivity contribution is 5.85. The summed E-state index contributed by atoms with van der Waals surface area (Å²) in [6.45, 7) is 3.26. The van der Waals surface area contributed by atoms with Crippen molar-refractivity contribution < 1.29 is 14.6 Å². The average Bonchev–Trinajstić information content (AvgIpc) is 2.34. The molecule has 0 aliphatic carbocycles. The molecule has 0 spiro atoms. The third kappa shape index (κ3) is 5.45. The summed E-state index contributed by atoms with van der Waals surface area (Å²) in [4.78, 5) is 14.7. The number of unbranched alkanes of at least 4 members (excludes halogenated alkanes) is 3. The van der Waals surface area contributed by atoms with Gasteiger partial charge in [-0.3, -0.25) is 0 Å². The van der Waals surface area contributed by atoms with Crippen LogP contribution in [0.3, 0.4) is 0 Å². The predicted molar refractivity (Wildman–Crippen MR) is 65.0 cm³/mol. The van der Waals surface area contributed by atoms with E-state index in [-0.39, 0.29) is 5.69 Å². The smallest absolute Gasteiger partial charge is 0.354 e. The van der Waals surface area contributed by atoms with Gasteiger partial charge in [-0.2, -0.15) is 0 Å². The Kier molecular flexibility index (Phi) is 6.25. The van der Waals surface area contributed by atoms with E-state index in [4.69, 9.17) is 9.84 Å². The van der Waals surface area contributed by atoms with Gasteiger partial charge in [-0.1, -0.05) is 32.3 Å². The molecular formula is C13H19NO3. The lowest BCUT2D eigenvalue weighted by molar-refractivity contribution is 0.0688. The van der Waals surface area contributed by atoms with Crippen LogP contribution >= 0.6 is 0 Å². The molecule has 4 nitrogen and oxygen atoms in total. The molecule has 0 saturated heterocycles. The molecule has 0 atom stereocenters. The molecule has 1 rings (SSSR count). The van der Waals surface area contributed by atoms with Gasteiger partial charge < -0.3 is 9.84 Å². The highest BCUT2D eigenvalue weighted by Crippen LogP contribution is 2.03. The Morgan fingerprint density at radius 3 is 2.88 bits per heavy atom. The van der Waals surface area contributed by atoms with Crippen LogP contribution in [0.15, 0.2) is 18.2 Å². The third-order valence-electron chi connectivity index (χ3n) is 2.42. The van der Waals surface area contributed by atoms with Crippen molar-refractivity contribution in [1.82, 2.24) is 4.98 Å². The summed E-state index contributed by atoms with van der Waals surface area (Å²) < 4.78 is 5.45. The Morgan fingerprint density at radius 2 is 2.18 bits per heavy atom. The largest absolute Gasteiger partial charge is 0.477 e. The highest BCUT2D eigenvalue weighted by atomic mass is 16.5. The van der Waals surface area contributed by atoms with E-state index in [2.05, 4.69) is 11.9 Å². The highest BCUT2D eigenvalue weighted by Gasteiger charge is 2.04. The van der Waals surface area contributed by atoms with E-state index < -0.39 is 5.97 Å². The van der Waals surface area contributed by atoms with Crippen LogP contribution in [-0.2, 0) is 11.3 Å². The minimum atomic E-state index is -1.00. The zero-order chi connectivity index (χ0) is 12.5. The first-order chi connectivity index (χ1) is 8.24. The molecule has 1 heterocycles. The number of rotatable bonds is 8. The quantitative estimate of drug-likeness (QED) is 0.706. The monoisotopic (exact) mass is 237 g/mol. The van der Waals surface area contributed by atoms with Crippen LogP contribution < -0.4 is 0 Å². The molecule has 0 radical (unpaired) electrons. The second-order valence-corrected chi connectivity index (χ2v) is 3.93. The van der Waals surface area contributed by atoms with Crippen LogP contribution in [0.4, 0.5) is 0 Å². The molecular weight excluding hydrogens is 218 g/mol. The predicted octanol–water partition coefficient (Wildman–Crippen LogP) is 2.88. The van der Waals surface area contributed by atoms with Crippen molar-refractivity contribution in [2.75, 3.05) is 6.61 Å². The topological polar surface area (TPSA) is 59.4 Å². The summed E-state index contributed by atoms with van der Waals surface area (Å²) >= 11 is 0. The van der Waals surface area contributed by atoms with E-state index in [1.165, 1.54) is 25.3 Å². The lowest BCUT2D eigenvalue weighted by Crippen LogP contribution is -2.04. The number of hydrogen-bond acceptors (Lipinski definition) is 3. The van der Waals surface area contributed by atoms with Crippen LogP contribution in [-0.4, -0.2) is 22.7 Å². The molecule has 1 aromatic heterocycles. The normalized spacial score (nSPS) is 10.4.